The smallest absolute Gasteiger partial charge is 0.161 e. The van der Waals surface area contributed by atoms with E-state index in [0.29, 0.717) is 18.0 Å². The lowest BCUT2D eigenvalue weighted by Crippen LogP contribution is -2.16. The summed E-state index contributed by atoms with van der Waals surface area (Å²) in [4.78, 5) is 5.55. The maximum absolute atomic E-state index is 13.2. The van der Waals surface area contributed by atoms with Gasteiger partial charge in [0, 0.05) is 12.7 Å². The molecule has 2 aromatic carbocycles. The highest BCUT2D eigenvalue weighted by molar-refractivity contribution is 7.15. The molecule has 26 heavy (non-hydrogen) atoms. The summed E-state index contributed by atoms with van der Waals surface area (Å²) in [5, 5.41) is 4.36. The molecule has 6 heteroatoms. The molecule has 0 saturated carbocycles. The largest absolute Gasteiger partial charge is 0.493 e. The van der Waals surface area contributed by atoms with E-state index in [0.717, 1.165) is 34.0 Å². The Hall–Kier alpha value is -2.44. The Kier molecular flexibility index (Phi) is 6.20. The molecule has 0 aliphatic carbocycles. The fraction of sp³-hybridized carbons (Fsp3) is 0.250. The lowest BCUT2D eigenvalue weighted by atomic mass is 10.1. The predicted octanol–water partition coefficient (Wildman–Crippen LogP) is 4.30. The van der Waals surface area contributed by atoms with Gasteiger partial charge in [-0.25, -0.2) is 9.37 Å². The molecule has 0 amide bonds. The van der Waals surface area contributed by atoms with Crippen molar-refractivity contribution >= 4 is 11.3 Å². The highest BCUT2D eigenvalue weighted by atomic mass is 32.1. The van der Waals surface area contributed by atoms with E-state index in [-0.39, 0.29) is 5.82 Å². The third-order valence-electron chi connectivity index (χ3n) is 3.98. The van der Waals surface area contributed by atoms with Crippen molar-refractivity contribution in [3.63, 3.8) is 0 Å². The predicted molar refractivity (Wildman–Crippen MR) is 102 cm³/mol. The summed E-state index contributed by atoms with van der Waals surface area (Å²) in [6, 6.07) is 12.5. The van der Waals surface area contributed by atoms with Crippen LogP contribution in [0.2, 0.25) is 0 Å². The second-order valence-corrected chi connectivity index (χ2v) is 6.86. The van der Waals surface area contributed by atoms with Crippen LogP contribution < -0.4 is 14.8 Å². The molecule has 0 fully saturated rings. The van der Waals surface area contributed by atoms with Crippen LogP contribution in [0.1, 0.15) is 10.6 Å². The summed E-state index contributed by atoms with van der Waals surface area (Å²) >= 11 is 1.64. The second kappa shape index (κ2) is 8.78. The summed E-state index contributed by atoms with van der Waals surface area (Å²) in [6.07, 6.45) is 2.65. The van der Waals surface area contributed by atoms with Crippen LogP contribution >= 0.6 is 11.3 Å². The Morgan fingerprint density at radius 2 is 1.92 bits per heavy atom. The first-order valence-electron chi connectivity index (χ1n) is 8.32. The number of halogens is 1. The number of nitrogens with zero attached hydrogens (tertiary/aromatic N) is 1. The first-order valence-corrected chi connectivity index (χ1v) is 9.13. The van der Waals surface area contributed by atoms with Gasteiger partial charge in [0.1, 0.15) is 10.8 Å². The van der Waals surface area contributed by atoms with Crippen molar-refractivity contribution in [3.8, 4) is 21.9 Å². The van der Waals surface area contributed by atoms with Gasteiger partial charge >= 0.3 is 0 Å². The van der Waals surface area contributed by atoms with Gasteiger partial charge in [-0.15, -0.1) is 11.3 Å². The highest BCUT2D eigenvalue weighted by Gasteiger charge is 2.09. The summed E-state index contributed by atoms with van der Waals surface area (Å²) in [5.74, 6) is 1.22. The van der Waals surface area contributed by atoms with E-state index >= 15 is 0 Å². The fourth-order valence-corrected chi connectivity index (χ4v) is 3.52. The first kappa shape index (κ1) is 18.4. The number of hydrogen-bond acceptors (Lipinski definition) is 5. The molecular weight excluding hydrogens is 351 g/mol. The van der Waals surface area contributed by atoms with Crippen molar-refractivity contribution in [2.45, 2.75) is 13.0 Å². The minimum absolute atomic E-state index is 0.193. The number of benzene rings is 2. The SMILES string of the molecule is COc1ccc(-c2cnc(CNCCc3cccc(F)c3)s2)cc1OC. The fourth-order valence-electron chi connectivity index (χ4n) is 2.64. The zero-order valence-electron chi connectivity index (χ0n) is 14.8. The van der Waals surface area contributed by atoms with Gasteiger partial charge in [-0.3, -0.25) is 0 Å². The number of thiazole rings is 1. The third kappa shape index (κ3) is 4.59. The first-order chi connectivity index (χ1) is 12.7. The molecule has 0 atom stereocenters. The molecule has 136 valence electrons. The lowest BCUT2D eigenvalue weighted by molar-refractivity contribution is 0.355. The number of rotatable bonds is 8. The zero-order valence-corrected chi connectivity index (χ0v) is 15.6. The minimum atomic E-state index is -0.193. The number of aromatic nitrogens is 1. The van der Waals surface area contributed by atoms with Gasteiger partial charge in [-0.05, 0) is 54.4 Å². The van der Waals surface area contributed by atoms with E-state index in [9.17, 15) is 4.39 Å². The van der Waals surface area contributed by atoms with Crippen molar-refractivity contribution < 1.29 is 13.9 Å². The normalized spacial score (nSPS) is 10.7. The van der Waals surface area contributed by atoms with Gasteiger partial charge < -0.3 is 14.8 Å². The van der Waals surface area contributed by atoms with Crippen molar-refractivity contribution in [1.29, 1.82) is 0 Å². The van der Waals surface area contributed by atoms with Gasteiger partial charge in [0.05, 0.1) is 19.1 Å². The Labute approximate surface area is 156 Å². The molecule has 0 aliphatic rings. The monoisotopic (exact) mass is 372 g/mol. The van der Waals surface area contributed by atoms with Crippen molar-refractivity contribution in [1.82, 2.24) is 10.3 Å². The molecular formula is C20H21FN2O2S. The zero-order chi connectivity index (χ0) is 18.4. The van der Waals surface area contributed by atoms with Crippen LogP contribution in [0.4, 0.5) is 4.39 Å². The van der Waals surface area contributed by atoms with Gasteiger partial charge in [-0.1, -0.05) is 12.1 Å². The van der Waals surface area contributed by atoms with Gasteiger partial charge in [0.15, 0.2) is 11.5 Å². The molecule has 0 radical (unpaired) electrons. The Balaban J connectivity index is 1.56. The average molecular weight is 372 g/mol. The van der Waals surface area contributed by atoms with E-state index in [1.165, 1.54) is 6.07 Å². The summed E-state index contributed by atoms with van der Waals surface area (Å²) in [7, 11) is 3.25. The van der Waals surface area contributed by atoms with E-state index in [2.05, 4.69) is 10.3 Å². The van der Waals surface area contributed by atoms with E-state index < -0.39 is 0 Å². The lowest BCUT2D eigenvalue weighted by Gasteiger charge is -2.08. The van der Waals surface area contributed by atoms with Crippen LogP contribution in [0.25, 0.3) is 10.4 Å². The molecule has 0 unspecified atom stereocenters. The second-order valence-electron chi connectivity index (χ2n) is 5.74. The van der Waals surface area contributed by atoms with Crippen molar-refractivity contribution in [2.75, 3.05) is 20.8 Å². The maximum atomic E-state index is 13.2. The van der Waals surface area contributed by atoms with Crippen LogP contribution in [-0.4, -0.2) is 25.7 Å². The third-order valence-corrected chi connectivity index (χ3v) is 5.02. The molecule has 0 aliphatic heterocycles. The number of nitrogens with one attached hydrogen (secondary N) is 1. The summed E-state index contributed by atoms with van der Waals surface area (Å²) < 4.78 is 23.8. The topological polar surface area (TPSA) is 43.4 Å². The number of hydrogen-bond donors (Lipinski definition) is 1. The summed E-state index contributed by atoms with van der Waals surface area (Å²) in [6.45, 7) is 1.46. The van der Waals surface area contributed by atoms with Crippen LogP contribution in [0, 0.1) is 5.82 Å². The molecule has 1 N–H and O–H groups in total. The van der Waals surface area contributed by atoms with Gasteiger partial charge in [0.2, 0.25) is 0 Å². The average Bonchev–Trinajstić information content (AvgIpc) is 3.13. The molecule has 3 rings (SSSR count). The minimum Gasteiger partial charge on any atom is -0.493 e. The number of ether oxygens (including phenoxy) is 2. The van der Waals surface area contributed by atoms with Gasteiger partial charge in [0.25, 0.3) is 0 Å². The van der Waals surface area contributed by atoms with Crippen LogP contribution in [0.15, 0.2) is 48.7 Å². The van der Waals surface area contributed by atoms with Crippen LogP contribution in [-0.2, 0) is 13.0 Å². The Morgan fingerprint density at radius 1 is 1.08 bits per heavy atom. The molecule has 0 spiro atoms. The Bertz CT molecular complexity index is 867. The van der Waals surface area contributed by atoms with E-state index in [1.807, 2.05) is 30.5 Å². The van der Waals surface area contributed by atoms with Crippen molar-refractivity contribution in [3.05, 3.63) is 65.0 Å². The number of methoxy groups -OCH3 is 2. The molecule has 4 nitrogen and oxygen atoms in total. The molecule has 1 heterocycles. The molecule has 0 bridgehead atoms. The van der Waals surface area contributed by atoms with E-state index in [4.69, 9.17) is 9.47 Å². The molecule has 3 aromatic rings. The van der Waals surface area contributed by atoms with Crippen LogP contribution in [0.3, 0.4) is 0 Å². The maximum Gasteiger partial charge on any atom is 0.161 e. The quantitative estimate of drug-likeness (QED) is 0.599. The Morgan fingerprint density at radius 3 is 2.69 bits per heavy atom. The summed E-state index contributed by atoms with van der Waals surface area (Å²) in [5.41, 5.74) is 2.04. The van der Waals surface area contributed by atoms with Crippen molar-refractivity contribution in [2.24, 2.45) is 0 Å². The van der Waals surface area contributed by atoms with Crippen LogP contribution in [0.5, 0.6) is 11.5 Å². The standard InChI is InChI=1S/C20H21FN2O2S/c1-24-17-7-6-15(11-18(17)25-2)19-12-23-20(26-19)13-22-9-8-14-4-3-5-16(21)10-14/h3-7,10-12,22H,8-9,13H2,1-2H3. The highest BCUT2D eigenvalue weighted by Crippen LogP contribution is 2.34. The molecule has 1 aromatic heterocycles. The van der Waals surface area contributed by atoms with Gasteiger partial charge in [-0.2, -0.15) is 0 Å². The van der Waals surface area contributed by atoms with E-state index in [1.54, 1.807) is 37.7 Å². The molecule has 0 saturated heterocycles.